The number of rotatable bonds is 5. The number of carbonyl (C=O) groups excluding carboxylic acids is 1. The fourth-order valence-corrected chi connectivity index (χ4v) is 1.94. The average Bonchev–Trinajstić information content (AvgIpc) is 2.38. The summed E-state index contributed by atoms with van der Waals surface area (Å²) in [5.41, 5.74) is 13.1. The van der Waals surface area contributed by atoms with Crippen molar-refractivity contribution in [3.05, 3.63) is 36.0 Å². The van der Waals surface area contributed by atoms with Gasteiger partial charge in [0.2, 0.25) is 0 Å². The summed E-state index contributed by atoms with van der Waals surface area (Å²) in [4.78, 5) is 15.7. The summed E-state index contributed by atoms with van der Waals surface area (Å²) in [7, 11) is 0. The van der Waals surface area contributed by atoms with E-state index in [9.17, 15) is 4.79 Å². The standard InChI is InChI=1S/C14H18N4O/c1-9(15)6-7-17-13-10-4-2-3-5-12(10)18-8-11(13)14(16)19/h2-5,8-9H,6-7,15H2,1H3,(H2,16,19)(H,17,18). The Labute approximate surface area is 112 Å². The zero-order valence-corrected chi connectivity index (χ0v) is 10.9. The molecule has 1 unspecified atom stereocenters. The Morgan fingerprint density at radius 3 is 2.84 bits per heavy atom. The molecule has 5 N–H and O–H groups in total. The van der Waals surface area contributed by atoms with Crippen molar-refractivity contribution in [2.75, 3.05) is 11.9 Å². The Bertz CT molecular complexity index is 595. The molecule has 0 aliphatic heterocycles. The van der Waals surface area contributed by atoms with Crippen LogP contribution in [-0.4, -0.2) is 23.5 Å². The molecule has 1 amide bonds. The number of nitrogens with one attached hydrogen (secondary N) is 1. The molecular formula is C14H18N4O. The van der Waals surface area contributed by atoms with Gasteiger partial charge in [-0.25, -0.2) is 0 Å². The van der Waals surface area contributed by atoms with Crippen molar-refractivity contribution in [2.45, 2.75) is 19.4 Å². The number of carbonyl (C=O) groups is 1. The summed E-state index contributed by atoms with van der Waals surface area (Å²) in [6.07, 6.45) is 2.33. The van der Waals surface area contributed by atoms with E-state index in [2.05, 4.69) is 10.3 Å². The van der Waals surface area contributed by atoms with Gasteiger partial charge >= 0.3 is 0 Å². The molecule has 100 valence electrons. The minimum atomic E-state index is -0.485. The number of fused-ring (bicyclic) bond motifs is 1. The highest BCUT2D eigenvalue weighted by molar-refractivity contribution is 6.06. The molecule has 0 radical (unpaired) electrons. The van der Waals surface area contributed by atoms with Crippen LogP contribution in [0.1, 0.15) is 23.7 Å². The van der Waals surface area contributed by atoms with E-state index < -0.39 is 5.91 Å². The zero-order chi connectivity index (χ0) is 13.8. The van der Waals surface area contributed by atoms with Crippen LogP contribution >= 0.6 is 0 Å². The molecule has 0 saturated carbocycles. The van der Waals surface area contributed by atoms with Crippen LogP contribution in [0.5, 0.6) is 0 Å². The Kier molecular flexibility index (Phi) is 3.97. The maximum atomic E-state index is 11.5. The molecule has 5 heteroatoms. The van der Waals surface area contributed by atoms with Crippen molar-refractivity contribution in [3.63, 3.8) is 0 Å². The lowest BCUT2D eigenvalue weighted by Gasteiger charge is -2.13. The molecule has 1 heterocycles. The molecule has 0 aliphatic carbocycles. The Balaban J connectivity index is 2.41. The topological polar surface area (TPSA) is 94.0 Å². The molecule has 0 spiro atoms. The van der Waals surface area contributed by atoms with E-state index in [1.54, 1.807) is 0 Å². The zero-order valence-electron chi connectivity index (χ0n) is 10.9. The largest absolute Gasteiger partial charge is 0.384 e. The molecule has 2 aromatic rings. The summed E-state index contributed by atoms with van der Waals surface area (Å²) < 4.78 is 0. The van der Waals surface area contributed by atoms with Crippen molar-refractivity contribution < 1.29 is 4.79 Å². The number of benzene rings is 1. The second kappa shape index (κ2) is 5.67. The van der Waals surface area contributed by atoms with Crippen LogP contribution in [0.3, 0.4) is 0 Å². The van der Waals surface area contributed by atoms with E-state index in [1.165, 1.54) is 6.20 Å². The van der Waals surface area contributed by atoms with Gasteiger partial charge < -0.3 is 16.8 Å². The van der Waals surface area contributed by atoms with Gasteiger partial charge in [0.05, 0.1) is 16.8 Å². The van der Waals surface area contributed by atoms with Gasteiger partial charge in [-0.05, 0) is 19.4 Å². The summed E-state index contributed by atoms with van der Waals surface area (Å²) in [6.45, 7) is 2.63. The molecule has 1 aromatic heterocycles. The highest BCUT2D eigenvalue weighted by Gasteiger charge is 2.12. The number of pyridine rings is 1. The minimum absolute atomic E-state index is 0.109. The number of nitrogens with two attached hydrogens (primary N) is 2. The SMILES string of the molecule is CC(N)CCNc1c(C(N)=O)cnc2ccccc12. The van der Waals surface area contributed by atoms with Crippen molar-refractivity contribution in [3.8, 4) is 0 Å². The molecule has 0 aliphatic rings. The van der Waals surface area contributed by atoms with Gasteiger partial charge in [-0.2, -0.15) is 0 Å². The molecule has 1 atom stereocenters. The van der Waals surface area contributed by atoms with E-state index in [1.807, 2.05) is 31.2 Å². The molecule has 1 aromatic carbocycles. The van der Waals surface area contributed by atoms with Crippen LogP contribution in [0.2, 0.25) is 0 Å². The molecule has 5 nitrogen and oxygen atoms in total. The highest BCUT2D eigenvalue weighted by atomic mass is 16.1. The van der Waals surface area contributed by atoms with Gasteiger partial charge in [-0.3, -0.25) is 9.78 Å². The number of para-hydroxylation sites is 1. The fraction of sp³-hybridized carbons (Fsp3) is 0.286. The maximum absolute atomic E-state index is 11.5. The number of anilines is 1. The molecule has 19 heavy (non-hydrogen) atoms. The fourth-order valence-electron chi connectivity index (χ4n) is 1.94. The smallest absolute Gasteiger partial charge is 0.252 e. The van der Waals surface area contributed by atoms with Crippen molar-refractivity contribution in [2.24, 2.45) is 11.5 Å². The number of aromatic nitrogens is 1. The van der Waals surface area contributed by atoms with E-state index in [0.717, 1.165) is 23.0 Å². The minimum Gasteiger partial charge on any atom is -0.384 e. The molecule has 0 bridgehead atoms. The first-order valence-electron chi connectivity index (χ1n) is 6.26. The number of amides is 1. The first-order chi connectivity index (χ1) is 9.09. The van der Waals surface area contributed by atoms with Crippen LogP contribution < -0.4 is 16.8 Å². The van der Waals surface area contributed by atoms with Crippen LogP contribution in [-0.2, 0) is 0 Å². The van der Waals surface area contributed by atoms with Crippen LogP contribution in [0.15, 0.2) is 30.5 Å². The predicted octanol–water partition coefficient (Wildman–Crippen LogP) is 1.48. The van der Waals surface area contributed by atoms with E-state index in [4.69, 9.17) is 11.5 Å². The van der Waals surface area contributed by atoms with Crippen molar-refractivity contribution >= 4 is 22.5 Å². The molecular weight excluding hydrogens is 240 g/mol. The van der Waals surface area contributed by atoms with Crippen molar-refractivity contribution in [1.82, 2.24) is 4.98 Å². The van der Waals surface area contributed by atoms with E-state index in [0.29, 0.717) is 12.1 Å². The van der Waals surface area contributed by atoms with E-state index >= 15 is 0 Å². The van der Waals surface area contributed by atoms with Crippen LogP contribution in [0, 0.1) is 0 Å². The van der Waals surface area contributed by atoms with Gasteiger partial charge in [0.15, 0.2) is 0 Å². The third-order valence-corrected chi connectivity index (χ3v) is 2.94. The first kappa shape index (κ1) is 13.3. The summed E-state index contributed by atoms with van der Waals surface area (Å²) >= 11 is 0. The number of nitrogens with zero attached hydrogens (tertiary/aromatic N) is 1. The lowest BCUT2D eigenvalue weighted by molar-refractivity contribution is 0.100. The van der Waals surface area contributed by atoms with Crippen molar-refractivity contribution in [1.29, 1.82) is 0 Å². The molecule has 0 fully saturated rings. The first-order valence-corrected chi connectivity index (χ1v) is 6.26. The number of primary amides is 1. The van der Waals surface area contributed by atoms with Crippen LogP contribution in [0.4, 0.5) is 5.69 Å². The van der Waals surface area contributed by atoms with Gasteiger partial charge in [-0.1, -0.05) is 18.2 Å². The van der Waals surface area contributed by atoms with Crippen LogP contribution in [0.25, 0.3) is 10.9 Å². The second-order valence-corrected chi connectivity index (χ2v) is 4.62. The van der Waals surface area contributed by atoms with Gasteiger partial charge in [0.25, 0.3) is 5.91 Å². The number of hydrogen-bond acceptors (Lipinski definition) is 4. The monoisotopic (exact) mass is 258 g/mol. The van der Waals surface area contributed by atoms with E-state index in [-0.39, 0.29) is 6.04 Å². The lowest BCUT2D eigenvalue weighted by Crippen LogP contribution is -2.21. The van der Waals surface area contributed by atoms with Gasteiger partial charge in [0, 0.05) is 24.2 Å². The third-order valence-electron chi connectivity index (χ3n) is 2.94. The lowest BCUT2D eigenvalue weighted by atomic mass is 10.1. The van der Waals surface area contributed by atoms with Gasteiger partial charge in [0.1, 0.15) is 0 Å². The number of hydrogen-bond donors (Lipinski definition) is 3. The summed E-state index contributed by atoms with van der Waals surface area (Å²) in [5.74, 6) is -0.485. The Morgan fingerprint density at radius 1 is 1.42 bits per heavy atom. The maximum Gasteiger partial charge on any atom is 0.252 e. The molecule has 2 rings (SSSR count). The van der Waals surface area contributed by atoms with Gasteiger partial charge in [-0.15, -0.1) is 0 Å². The normalized spacial score (nSPS) is 12.3. The second-order valence-electron chi connectivity index (χ2n) is 4.62. The summed E-state index contributed by atoms with van der Waals surface area (Å²) in [5, 5.41) is 4.14. The highest BCUT2D eigenvalue weighted by Crippen LogP contribution is 2.25. The average molecular weight is 258 g/mol. The third kappa shape index (κ3) is 3.00. The quantitative estimate of drug-likeness (QED) is 0.757. The summed E-state index contributed by atoms with van der Waals surface area (Å²) in [6, 6.07) is 7.74. The molecule has 0 saturated heterocycles. The predicted molar refractivity (Wildman–Crippen MR) is 77.0 cm³/mol. The Morgan fingerprint density at radius 2 is 2.16 bits per heavy atom. The Hall–Kier alpha value is -2.14.